The Balaban J connectivity index is 1.67. The van der Waals surface area contributed by atoms with Gasteiger partial charge in [0.15, 0.2) is 11.5 Å². The van der Waals surface area contributed by atoms with E-state index in [4.69, 9.17) is 23.7 Å². The number of hydrogen-bond acceptors (Lipinski definition) is 6. The van der Waals surface area contributed by atoms with E-state index >= 15 is 0 Å². The summed E-state index contributed by atoms with van der Waals surface area (Å²) in [5, 5.41) is 0. The monoisotopic (exact) mass is 349 g/mol. The van der Waals surface area contributed by atoms with E-state index in [2.05, 4.69) is 0 Å². The van der Waals surface area contributed by atoms with Crippen LogP contribution in [-0.2, 0) is 19.0 Å². The molecule has 1 fully saturated rings. The molecule has 3 atom stereocenters. The summed E-state index contributed by atoms with van der Waals surface area (Å²) in [6, 6.07) is 5.34. The number of methoxy groups -OCH3 is 2. The minimum absolute atomic E-state index is 0.134. The Morgan fingerprint density at radius 3 is 2.76 bits per heavy atom. The van der Waals surface area contributed by atoms with E-state index in [0.717, 1.165) is 5.56 Å². The zero-order valence-electron chi connectivity index (χ0n) is 14.6. The van der Waals surface area contributed by atoms with E-state index < -0.39 is 0 Å². The van der Waals surface area contributed by atoms with E-state index in [1.807, 2.05) is 18.2 Å². The second kappa shape index (κ2) is 7.86. The number of likely N-dealkylation sites (N-methyl/N-ethyl adjacent to an activating group) is 1. The Morgan fingerprint density at radius 1 is 1.20 bits per heavy atom. The second-order valence-corrected chi connectivity index (χ2v) is 5.97. The number of carbonyl (C=O) groups is 1. The molecule has 7 nitrogen and oxygen atoms in total. The van der Waals surface area contributed by atoms with Crippen molar-refractivity contribution in [2.45, 2.75) is 18.2 Å². The van der Waals surface area contributed by atoms with Crippen LogP contribution < -0.4 is 9.47 Å². The van der Waals surface area contributed by atoms with Crippen molar-refractivity contribution in [3.8, 4) is 11.5 Å². The van der Waals surface area contributed by atoms with Crippen LogP contribution in [0.5, 0.6) is 11.5 Å². The number of hydrogen-bond donors (Lipinski definition) is 0. The molecule has 1 amide bonds. The van der Waals surface area contributed by atoms with Crippen LogP contribution in [0.3, 0.4) is 0 Å². The summed E-state index contributed by atoms with van der Waals surface area (Å²) in [6.45, 7) is 1.10. The Hall–Kier alpha value is -2.09. The highest BCUT2D eigenvalue weighted by molar-refractivity contribution is 5.92. The minimum atomic E-state index is -0.230. The molecule has 0 radical (unpaired) electrons. The number of rotatable bonds is 5. The van der Waals surface area contributed by atoms with E-state index in [-0.39, 0.29) is 30.9 Å². The Kier molecular flexibility index (Phi) is 5.57. The molecule has 25 heavy (non-hydrogen) atoms. The fraction of sp³-hybridized carbons (Fsp3) is 0.500. The van der Waals surface area contributed by atoms with Gasteiger partial charge in [0.1, 0.15) is 12.2 Å². The van der Waals surface area contributed by atoms with Gasteiger partial charge < -0.3 is 28.6 Å². The van der Waals surface area contributed by atoms with Gasteiger partial charge >= 0.3 is 0 Å². The van der Waals surface area contributed by atoms with E-state index in [0.29, 0.717) is 24.7 Å². The Bertz CT molecular complexity index is 646. The van der Waals surface area contributed by atoms with Crippen molar-refractivity contribution in [1.29, 1.82) is 0 Å². The van der Waals surface area contributed by atoms with Gasteiger partial charge in [-0.05, 0) is 23.8 Å². The molecule has 0 aromatic heterocycles. The van der Waals surface area contributed by atoms with Gasteiger partial charge in [-0.1, -0.05) is 6.07 Å². The minimum Gasteiger partial charge on any atom is -0.454 e. The average Bonchev–Trinajstić information content (AvgIpc) is 3.12. The van der Waals surface area contributed by atoms with Gasteiger partial charge in [0.05, 0.1) is 19.3 Å². The first-order valence-electron chi connectivity index (χ1n) is 8.12. The third kappa shape index (κ3) is 3.78. The predicted molar refractivity (Wildman–Crippen MR) is 90.6 cm³/mol. The first-order chi connectivity index (χ1) is 12.1. The Labute approximate surface area is 147 Å². The lowest BCUT2D eigenvalue weighted by molar-refractivity contribution is -0.161. The van der Waals surface area contributed by atoms with Crippen LogP contribution in [0, 0.1) is 0 Å². The van der Waals surface area contributed by atoms with E-state index in [9.17, 15) is 4.79 Å². The summed E-state index contributed by atoms with van der Waals surface area (Å²) >= 11 is 0. The maximum Gasteiger partial charge on any atom is 0.246 e. The molecule has 0 unspecified atom stereocenters. The van der Waals surface area contributed by atoms with Crippen LogP contribution in [0.15, 0.2) is 24.3 Å². The van der Waals surface area contributed by atoms with Crippen LogP contribution >= 0.6 is 0 Å². The van der Waals surface area contributed by atoms with Gasteiger partial charge in [-0.2, -0.15) is 0 Å². The topological polar surface area (TPSA) is 66.5 Å². The maximum absolute atomic E-state index is 12.5. The van der Waals surface area contributed by atoms with Crippen LogP contribution in [0.1, 0.15) is 5.56 Å². The lowest BCUT2D eigenvalue weighted by Crippen LogP contribution is -2.57. The highest BCUT2D eigenvalue weighted by Crippen LogP contribution is 2.32. The number of fused-ring (bicyclic) bond motifs is 1. The highest BCUT2D eigenvalue weighted by atomic mass is 16.7. The van der Waals surface area contributed by atoms with Gasteiger partial charge in [0.25, 0.3) is 0 Å². The van der Waals surface area contributed by atoms with Crippen LogP contribution in [0.2, 0.25) is 0 Å². The normalized spacial score (nSPS) is 25.3. The molecule has 1 aromatic rings. The molecule has 0 N–H and O–H groups in total. The van der Waals surface area contributed by atoms with Crippen molar-refractivity contribution in [2.75, 3.05) is 41.3 Å². The van der Waals surface area contributed by atoms with Gasteiger partial charge in [-0.25, -0.2) is 0 Å². The molecule has 1 saturated heterocycles. The van der Waals surface area contributed by atoms with Crippen molar-refractivity contribution in [3.05, 3.63) is 29.8 Å². The number of carbonyl (C=O) groups excluding carboxylic acids is 1. The van der Waals surface area contributed by atoms with E-state index in [1.165, 1.54) is 6.08 Å². The molecule has 0 saturated carbocycles. The number of ether oxygens (including phenoxy) is 5. The second-order valence-electron chi connectivity index (χ2n) is 5.97. The molecule has 3 rings (SSSR count). The fourth-order valence-corrected chi connectivity index (χ4v) is 3.05. The van der Waals surface area contributed by atoms with Crippen LogP contribution in [0.4, 0.5) is 0 Å². The van der Waals surface area contributed by atoms with Gasteiger partial charge in [-0.15, -0.1) is 0 Å². The smallest absolute Gasteiger partial charge is 0.246 e. The predicted octanol–water partition coefficient (Wildman–Crippen LogP) is 1.32. The molecule has 0 aliphatic carbocycles. The zero-order chi connectivity index (χ0) is 17.8. The molecular formula is C18H23NO6. The summed E-state index contributed by atoms with van der Waals surface area (Å²) < 4.78 is 27.1. The summed E-state index contributed by atoms with van der Waals surface area (Å²) in [6.07, 6.45) is 2.85. The third-order valence-electron chi connectivity index (χ3n) is 4.55. The highest BCUT2D eigenvalue weighted by Gasteiger charge is 2.38. The van der Waals surface area contributed by atoms with Crippen molar-refractivity contribution in [3.63, 3.8) is 0 Å². The van der Waals surface area contributed by atoms with E-state index in [1.54, 1.807) is 32.2 Å². The van der Waals surface area contributed by atoms with Gasteiger partial charge in [0, 0.05) is 27.3 Å². The SMILES string of the molecule is CO[C@H]1[C@H](N(C)C(=O)/C=C/c2ccc3c(c2)OCO3)COC[C@H]1OC. The molecule has 0 bridgehead atoms. The number of nitrogens with zero attached hydrogens (tertiary/aromatic N) is 1. The molecule has 7 heteroatoms. The number of amides is 1. The zero-order valence-corrected chi connectivity index (χ0v) is 14.6. The third-order valence-corrected chi connectivity index (χ3v) is 4.55. The molecule has 1 aromatic carbocycles. The summed E-state index contributed by atoms with van der Waals surface area (Å²) in [5.41, 5.74) is 0.865. The summed E-state index contributed by atoms with van der Waals surface area (Å²) in [7, 11) is 4.98. The van der Waals surface area contributed by atoms with Crippen molar-refractivity contribution < 1.29 is 28.5 Å². The fourth-order valence-electron chi connectivity index (χ4n) is 3.05. The van der Waals surface area contributed by atoms with Crippen molar-refractivity contribution in [1.82, 2.24) is 4.90 Å². The molecule has 2 aliphatic heterocycles. The average molecular weight is 349 g/mol. The summed E-state index contributed by atoms with van der Waals surface area (Å²) in [5.74, 6) is 1.27. The molecular weight excluding hydrogens is 326 g/mol. The van der Waals surface area contributed by atoms with Gasteiger partial charge in [-0.3, -0.25) is 4.79 Å². The quantitative estimate of drug-likeness (QED) is 0.747. The first-order valence-corrected chi connectivity index (χ1v) is 8.12. The molecule has 2 aliphatic rings. The van der Waals surface area contributed by atoms with Crippen molar-refractivity contribution in [2.24, 2.45) is 0 Å². The van der Waals surface area contributed by atoms with Gasteiger partial charge in [0.2, 0.25) is 12.7 Å². The standard InChI is InChI=1S/C18H23NO6/c1-19(13-9-23-10-16(21-2)18(13)22-3)17(20)7-5-12-4-6-14-15(8-12)25-11-24-14/h4-8,13,16,18H,9-11H2,1-3H3/b7-5+/t13-,16-,18+/m1/s1. The maximum atomic E-state index is 12.5. The molecule has 2 heterocycles. The lowest BCUT2D eigenvalue weighted by Gasteiger charge is -2.40. The summed E-state index contributed by atoms with van der Waals surface area (Å²) in [4.78, 5) is 14.2. The molecule has 136 valence electrons. The number of benzene rings is 1. The molecule has 0 spiro atoms. The largest absolute Gasteiger partial charge is 0.454 e. The first kappa shape index (κ1) is 17.7. The van der Waals surface area contributed by atoms with Crippen molar-refractivity contribution >= 4 is 12.0 Å². The lowest BCUT2D eigenvalue weighted by atomic mass is 10.0. The van der Waals surface area contributed by atoms with Crippen LogP contribution in [-0.4, -0.2) is 70.3 Å². The Morgan fingerprint density at radius 2 is 2.00 bits per heavy atom. The van der Waals surface area contributed by atoms with Crippen LogP contribution in [0.25, 0.3) is 6.08 Å².